The fourth-order valence-corrected chi connectivity index (χ4v) is 7.72. The molecular weight excluding hydrogens is 584 g/mol. The first kappa shape index (κ1) is 26.5. The molecule has 16 heteroatoms. The molecule has 0 aromatic heterocycles. The molecule has 0 heterocycles. The Kier molecular flexibility index (Phi) is 4.33. The predicted molar refractivity (Wildman–Crippen MR) is 198 cm³/mol. The molecule has 6 aromatic rings. The lowest BCUT2D eigenvalue weighted by atomic mass is 9.89. The summed E-state index contributed by atoms with van der Waals surface area (Å²) in [5, 5.41) is 2.40. The van der Waals surface area contributed by atoms with E-state index in [-0.39, 0.29) is 91.0 Å². The summed E-state index contributed by atoms with van der Waals surface area (Å²) in [7, 11) is 0. The molecule has 232 valence electrons. The Labute approximate surface area is 259 Å². The lowest BCUT2D eigenvalue weighted by Crippen LogP contribution is -2.10. The fraction of sp³-hybridized carbons (Fsp3) is 0. The average Bonchev–Trinajstić information content (AvgIpc) is 3.57. The first-order valence-corrected chi connectivity index (χ1v) is 13.9. The second-order valence-electron chi connectivity index (χ2n) is 11.9. The van der Waals surface area contributed by atoms with Gasteiger partial charge in [-0.3, -0.25) is 0 Å². The molecular formula is C30H32N16. The number of nitrogen functional groups attached to an aromatic ring is 16. The van der Waals surface area contributed by atoms with Crippen LogP contribution in [0.4, 0.5) is 91.0 Å². The summed E-state index contributed by atoms with van der Waals surface area (Å²) >= 11 is 0. The minimum absolute atomic E-state index is 0.0665. The first-order chi connectivity index (χ1) is 21.6. The largest absolute Gasteiger partial charge is 0.398 e. The third-order valence-electron chi connectivity index (χ3n) is 9.88. The molecule has 0 aliphatic heterocycles. The van der Waals surface area contributed by atoms with Gasteiger partial charge < -0.3 is 91.7 Å². The van der Waals surface area contributed by atoms with Crippen LogP contribution >= 0.6 is 0 Å². The summed E-state index contributed by atoms with van der Waals surface area (Å²) in [6.07, 6.45) is 0. The topological polar surface area (TPSA) is 416 Å². The van der Waals surface area contributed by atoms with E-state index < -0.39 is 0 Å². The molecule has 6 aromatic carbocycles. The number of rotatable bonds is 0. The van der Waals surface area contributed by atoms with Gasteiger partial charge in [-0.25, -0.2) is 0 Å². The average molecular weight is 617 g/mol. The predicted octanol–water partition coefficient (Wildman–Crippen LogP) is 1.76. The van der Waals surface area contributed by atoms with Crippen LogP contribution in [0.3, 0.4) is 0 Å². The second kappa shape index (κ2) is 7.51. The van der Waals surface area contributed by atoms with Crippen LogP contribution in [0, 0.1) is 0 Å². The van der Waals surface area contributed by atoms with Gasteiger partial charge in [-0.1, -0.05) is 0 Å². The van der Waals surface area contributed by atoms with Crippen molar-refractivity contribution in [1.82, 2.24) is 0 Å². The van der Waals surface area contributed by atoms with Crippen LogP contribution in [-0.4, -0.2) is 0 Å². The highest BCUT2D eigenvalue weighted by Gasteiger charge is 2.42. The molecule has 8 rings (SSSR count). The van der Waals surface area contributed by atoms with E-state index in [4.69, 9.17) is 91.7 Å². The Balaban J connectivity index is 1.67. The summed E-state index contributed by atoms with van der Waals surface area (Å²) in [5.74, 6) is 0. The van der Waals surface area contributed by atoms with Gasteiger partial charge in [-0.15, -0.1) is 0 Å². The van der Waals surface area contributed by atoms with Crippen molar-refractivity contribution in [2.75, 3.05) is 91.7 Å². The van der Waals surface area contributed by atoms with E-state index in [0.29, 0.717) is 76.8 Å². The van der Waals surface area contributed by atoms with E-state index in [1.165, 1.54) is 0 Å². The summed E-state index contributed by atoms with van der Waals surface area (Å²) in [6.45, 7) is 0. The van der Waals surface area contributed by atoms with Crippen molar-refractivity contribution in [3.8, 4) is 44.5 Å². The maximum absolute atomic E-state index is 6.90. The van der Waals surface area contributed by atoms with Gasteiger partial charge in [0.2, 0.25) is 0 Å². The smallest absolute Gasteiger partial charge is 0.0810 e. The first-order valence-electron chi connectivity index (χ1n) is 13.9. The zero-order valence-electron chi connectivity index (χ0n) is 24.2. The Morgan fingerprint density at radius 3 is 0.478 bits per heavy atom. The number of benzene rings is 6. The Morgan fingerprint density at radius 2 is 0.304 bits per heavy atom. The summed E-state index contributed by atoms with van der Waals surface area (Å²) in [6, 6.07) is 0. The molecule has 0 unspecified atom stereocenters. The molecule has 2 aliphatic carbocycles. The Bertz CT molecular complexity index is 2240. The SMILES string of the molecule is Nc1c(N)c(N)c2c(N)c3c(c(N)c2c1N)-c1c(N)c(N)c2c4c(c(N)c(N)c-3c14)-c1c-2c(N)c2c(N)c(N)c(N)c(N)c2c1N. The van der Waals surface area contributed by atoms with Crippen LogP contribution in [0.15, 0.2) is 0 Å². The number of anilines is 16. The van der Waals surface area contributed by atoms with Crippen molar-refractivity contribution >= 4 is 123 Å². The molecule has 2 aliphatic rings. The third-order valence-corrected chi connectivity index (χ3v) is 9.88. The number of hydrogen-bond donors (Lipinski definition) is 16. The Morgan fingerprint density at radius 1 is 0.130 bits per heavy atom. The minimum atomic E-state index is 0.0665. The molecule has 0 atom stereocenters. The van der Waals surface area contributed by atoms with E-state index in [9.17, 15) is 0 Å². The molecule has 0 fully saturated rings. The van der Waals surface area contributed by atoms with Crippen LogP contribution in [-0.2, 0) is 0 Å². The van der Waals surface area contributed by atoms with Crippen molar-refractivity contribution in [3.05, 3.63) is 0 Å². The van der Waals surface area contributed by atoms with Crippen LogP contribution in [0.2, 0.25) is 0 Å². The molecule has 0 spiro atoms. The van der Waals surface area contributed by atoms with Gasteiger partial charge in [0.1, 0.15) is 0 Å². The quantitative estimate of drug-likeness (QED) is 0.0851. The normalized spacial score (nSPS) is 12.4. The highest BCUT2D eigenvalue weighted by molar-refractivity contribution is 6.43. The van der Waals surface area contributed by atoms with Crippen LogP contribution in [0.5, 0.6) is 0 Å². The van der Waals surface area contributed by atoms with E-state index >= 15 is 0 Å². The van der Waals surface area contributed by atoms with Gasteiger partial charge in [0.05, 0.1) is 91.0 Å². The molecule has 46 heavy (non-hydrogen) atoms. The molecule has 0 radical (unpaired) electrons. The number of fused-ring (bicyclic) bond motifs is 8. The summed E-state index contributed by atoms with van der Waals surface area (Å²) in [5.41, 5.74) is 112. The second-order valence-corrected chi connectivity index (χ2v) is 11.9. The van der Waals surface area contributed by atoms with Crippen molar-refractivity contribution in [3.63, 3.8) is 0 Å². The fourth-order valence-electron chi connectivity index (χ4n) is 7.72. The zero-order chi connectivity index (χ0) is 33.3. The van der Waals surface area contributed by atoms with Crippen molar-refractivity contribution < 1.29 is 0 Å². The Hall–Kier alpha value is -7.10. The lowest BCUT2D eigenvalue weighted by Gasteiger charge is -2.22. The maximum Gasteiger partial charge on any atom is 0.0810 e. The molecule has 0 saturated carbocycles. The highest BCUT2D eigenvalue weighted by atomic mass is 14.8. The van der Waals surface area contributed by atoms with Crippen molar-refractivity contribution in [1.29, 1.82) is 0 Å². The monoisotopic (exact) mass is 616 g/mol. The van der Waals surface area contributed by atoms with E-state index in [0.717, 1.165) is 0 Å². The van der Waals surface area contributed by atoms with E-state index in [2.05, 4.69) is 0 Å². The molecule has 0 saturated heterocycles. The van der Waals surface area contributed by atoms with Gasteiger partial charge in [0.25, 0.3) is 0 Å². The van der Waals surface area contributed by atoms with E-state index in [1.807, 2.05) is 0 Å². The summed E-state index contributed by atoms with van der Waals surface area (Å²) in [4.78, 5) is 0. The molecule has 0 amide bonds. The number of nitrogens with two attached hydrogens (primary N) is 16. The van der Waals surface area contributed by atoms with Crippen LogP contribution < -0.4 is 91.7 Å². The van der Waals surface area contributed by atoms with Crippen molar-refractivity contribution in [2.24, 2.45) is 0 Å². The van der Waals surface area contributed by atoms with Gasteiger partial charge in [0.15, 0.2) is 0 Å². The van der Waals surface area contributed by atoms with Gasteiger partial charge in [-0.2, -0.15) is 0 Å². The maximum atomic E-state index is 6.90. The lowest BCUT2D eigenvalue weighted by molar-refractivity contribution is 1.64. The number of hydrogen-bond acceptors (Lipinski definition) is 16. The zero-order valence-corrected chi connectivity index (χ0v) is 24.2. The minimum Gasteiger partial charge on any atom is -0.398 e. The summed E-state index contributed by atoms with van der Waals surface area (Å²) < 4.78 is 0. The van der Waals surface area contributed by atoms with E-state index in [1.54, 1.807) is 0 Å². The molecule has 16 nitrogen and oxygen atoms in total. The third kappa shape index (κ3) is 2.40. The van der Waals surface area contributed by atoms with Crippen LogP contribution in [0.25, 0.3) is 76.8 Å². The van der Waals surface area contributed by atoms with Crippen molar-refractivity contribution in [2.45, 2.75) is 0 Å². The van der Waals surface area contributed by atoms with Gasteiger partial charge in [0, 0.05) is 76.8 Å². The van der Waals surface area contributed by atoms with Crippen LogP contribution in [0.1, 0.15) is 0 Å². The highest BCUT2D eigenvalue weighted by Crippen LogP contribution is 2.69. The molecule has 0 bridgehead atoms. The van der Waals surface area contributed by atoms with Gasteiger partial charge >= 0.3 is 0 Å². The van der Waals surface area contributed by atoms with Gasteiger partial charge in [-0.05, 0) is 0 Å². The molecule has 32 N–H and O–H groups in total. The standard InChI is InChI=1S/C30H32N16/c31-15-7-3-1-2-5(21(37)19(3)35)9-10(18(34)14-13(17(9)33)25(41)29(45)30(46)26(14)42)6(2)22(38)20(36)4(1)8(7)16(32)12-11(15)23(39)27(43)28(44)24(12)40/h31-46H2.